The highest BCUT2D eigenvalue weighted by Gasteiger charge is 2.16. The Labute approximate surface area is 112 Å². The number of hydrogen-bond donors (Lipinski definition) is 2. The fourth-order valence-electron chi connectivity index (χ4n) is 2.15. The molecule has 1 aliphatic rings. The van der Waals surface area contributed by atoms with Crippen LogP contribution in [0.5, 0.6) is 0 Å². The molecule has 0 unspecified atom stereocenters. The van der Waals surface area contributed by atoms with Crippen LogP contribution in [0.15, 0.2) is 29.2 Å². The van der Waals surface area contributed by atoms with Crippen molar-refractivity contribution in [3.8, 4) is 0 Å². The standard InChI is InChI=1S/C13H17NOS2/c15-13(16)14-11-8-4-5-9-12(11)17-10-6-2-1-3-7-10/h4-5,8-10H,1-3,6-7H2,(H2,14,15,16). The van der Waals surface area contributed by atoms with Gasteiger partial charge in [-0.25, -0.2) is 0 Å². The minimum Gasteiger partial charge on any atom is -0.316 e. The molecule has 0 bridgehead atoms. The molecule has 1 aromatic carbocycles. The number of para-hydroxylation sites is 1. The predicted octanol–water partition coefficient (Wildman–Crippen LogP) is 4.57. The van der Waals surface area contributed by atoms with Crippen molar-refractivity contribution in [2.75, 3.05) is 5.32 Å². The number of thioether (sulfide) groups is 1. The van der Waals surface area contributed by atoms with Crippen LogP contribution in [0.3, 0.4) is 0 Å². The van der Waals surface area contributed by atoms with Gasteiger partial charge in [0, 0.05) is 10.1 Å². The monoisotopic (exact) mass is 267 g/mol. The SMILES string of the molecule is O=C(S)Nc1ccccc1SC1CCCCC1. The first-order valence-corrected chi connectivity index (χ1v) is 7.34. The maximum absolute atomic E-state index is 11.0. The molecule has 2 rings (SSSR count). The van der Waals surface area contributed by atoms with E-state index >= 15 is 0 Å². The fourth-order valence-corrected chi connectivity index (χ4v) is 3.60. The Hall–Kier alpha value is -0.610. The first-order chi connectivity index (χ1) is 8.25. The summed E-state index contributed by atoms with van der Waals surface area (Å²) in [6.07, 6.45) is 6.60. The Bertz CT molecular complexity index is 389. The highest BCUT2D eigenvalue weighted by Crippen LogP contribution is 2.37. The molecular weight excluding hydrogens is 250 g/mol. The molecule has 4 heteroatoms. The Morgan fingerprint density at radius 2 is 1.94 bits per heavy atom. The zero-order chi connectivity index (χ0) is 12.1. The van der Waals surface area contributed by atoms with Crippen molar-refractivity contribution < 1.29 is 4.79 Å². The molecule has 0 heterocycles. The number of carbonyl (C=O) groups excluding carboxylic acids is 1. The summed E-state index contributed by atoms with van der Waals surface area (Å²) in [5, 5.41) is 3.16. The van der Waals surface area contributed by atoms with Gasteiger partial charge >= 0.3 is 0 Å². The number of anilines is 1. The lowest BCUT2D eigenvalue weighted by molar-refractivity contribution is 0.270. The highest BCUT2D eigenvalue weighted by molar-refractivity contribution is 8.00. The molecular formula is C13H17NOS2. The maximum Gasteiger partial charge on any atom is 0.280 e. The largest absolute Gasteiger partial charge is 0.316 e. The van der Waals surface area contributed by atoms with Crippen molar-refractivity contribution in [2.45, 2.75) is 42.2 Å². The van der Waals surface area contributed by atoms with Crippen LogP contribution in [0.4, 0.5) is 10.5 Å². The Morgan fingerprint density at radius 3 is 2.65 bits per heavy atom. The second-order valence-electron chi connectivity index (χ2n) is 4.30. The summed E-state index contributed by atoms with van der Waals surface area (Å²) >= 11 is 5.65. The van der Waals surface area contributed by atoms with Gasteiger partial charge in [0.25, 0.3) is 5.24 Å². The molecule has 1 amide bonds. The summed E-state index contributed by atoms with van der Waals surface area (Å²) in [6.45, 7) is 0. The van der Waals surface area contributed by atoms with Gasteiger partial charge in [0.15, 0.2) is 0 Å². The second-order valence-corrected chi connectivity index (χ2v) is 6.05. The normalized spacial score (nSPS) is 16.8. The number of hydrogen-bond acceptors (Lipinski definition) is 2. The van der Waals surface area contributed by atoms with Crippen molar-refractivity contribution >= 4 is 35.3 Å². The molecule has 0 spiro atoms. The van der Waals surface area contributed by atoms with Crippen LogP contribution in [0.2, 0.25) is 0 Å². The first kappa shape index (κ1) is 12.8. The van der Waals surface area contributed by atoms with Gasteiger partial charge in [0.05, 0.1) is 5.69 Å². The minimum atomic E-state index is -0.304. The lowest BCUT2D eigenvalue weighted by atomic mass is 10.0. The van der Waals surface area contributed by atoms with Crippen molar-refractivity contribution in [1.82, 2.24) is 0 Å². The Kier molecular flexibility index (Phi) is 4.80. The molecule has 1 saturated carbocycles. The van der Waals surface area contributed by atoms with E-state index < -0.39 is 0 Å². The van der Waals surface area contributed by atoms with Gasteiger partial charge in [-0.1, -0.05) is 44.0 Å². The van der Waals surface area contributed by atoms with Gasteiger partial charge in [-0.05, 0) is 25.0 Å². The third-order valence-corrected chi connectivity index (χ3v) is 4.50. The van der Waals surface area contributed by atoms with Crippen LogP contribution < -0.4 is 5.32 Å². The maximum atomic E-state index is 11.0. The lowest BCUT2D eigenvalue weighted by Gasteiger charge is -2.22. The summed E-state index contributed by atoms with van der Waals surface area (Å²) in [6, 6.07) is 7.95. The van der Waals surface area contributed by atoms with E-state index in [1.807, 2.05) is 30.0 Å². The van der Waals surface area contributed by atoms with Crippen molar-refractivity contribution in [3.05, 3.63) is 24.3 Å². The van der Waals surface area contributed by atoms with E-state index in [2.05, 4.69) is 24.0 Å². The number of benzene rings is 1. The van der Waals surface area contributed by atoms with E-state index in [0.29, 0.717) is 5.25 Å². The number of nitrogens with one attached hydrogen (secondary N) is 1. The Balaban J connectivity index is 2.05. The molecule has 2 nitrogen and oxygen atoms in total. The van der Waals surface area contributed by atoms with Gasteiger partial charge in [-0.2, -0.15) is 0 Å². The lowest BCUT2D eigenvalue weighted by Crippen LogP contribution is -2.09. The summed E-state index contributed by atoms with van der Waals surface area (Å²) < 4.78 is 0. The predicted molar refractivity (Wildman–Crippen MR) is 77.2 cm³/mol. The summed E-state index contributed by atoms with van der Waals surface area (Å²) in [5.41, 5.74) is 0.878. The number of carbonyl (C=O) groups is 1. The molecule has 0 aliphatic heterocycles. The van der Waals surface area contributed by atoms with Crippen molar-refractivity contribution in [2.24, 2.45) is 0 Å². The van der Waals surface area contributed by atoms with Crippen LogP contribution in [0, 0.1) is 0 Å². The van der Waals surface area contributed by atoms with E-state index in [9.17, 15) is 4.79 Å². The smallest absolute Gasteiger partial charge is 0.280 e. The molecule has 17 heavy (non-hydrogen) atoms. The van der Waals surface area contributed by atoms with Gasteiger partial charge in [0.2, 0.25) is 0 Å². The van der Waals surface area contributed by atoms with E-state index in [-0.39, 0.29) is 5.24 Å². The molecule has 1 aliphatic carbocycles. The van der Waals surface area contributed by atoms with Crippen LogP contribution in [-0.4, -0.2) is 10.5 Å². The third kappa shape index (κ3) is 3.96. The molecule has 92 valence electrons. The fraction of sp³-hybridized carbons (Fsp3) is 0.462. The summed E-state index contributed by atoms with van der Waals surface area (Å²) in [7, 11) is 0. The van der Waals surface area contributed by atoms with Crippen molar-refractivity contribution in [1.29, 1.82) is 0 Å². The van der Waals surface area contributed by atoms with Gasteiger partial charge in [-0.3, -0.25) is 4.79 Å². The van der Waals surface area contributed by atoms with E-state index in [1.165, 1.54) is 32.1 Å². The molecule has 1 fully saturated rings. The molecule has 1 N–H and O–H groups in total. The average Bonchev–Trinajstić information content (AvgIpc) is 2.32. The number of amides is 1. The van der Waals surface area contributed by atoms with Gasteiger partial charge in [0.1, 0.15) is 0 Å². The summed E-state index contributed by atoms with van der Waals surface area (Å²) in [4.78, 5) is 12.2. The molecule has 0 radical (unpaired) electrons. The van der Waals surface area contributed by atoms with Crippen LogP contribution in [0.1, 0.15) is 32.1 Å². The van der Waals surface area contributed by atoms with E-state index in [1.54, 1.807) is 0 Å². The Morgan fingerprint density at radius 1 is 1.24 bits per heavy atom. The number of thiol groups is 1. The molecule has 1 aromatic rings. The highest BCUT2D eigenvalue weighted by atomic mass is 32.2. The number of rotatable bonds is 3. The molecule has 0 atom stereocenters. The van der Waals surface area contributed by atoms with Crippen molar-refractivity contribution in [3.63, 3.8) is 0 Å². The quantitative estimate of drug-likeness (QED) is 0.785. The third-order valence-electron chi connectivity index (χ3n) is 2.97. The second kappa shape index (κ2) is 6.36. The minimum absolute atomic E-state index is 0.304. The molecule has 0 saturated heterocycles. The van der Waals surface area contributed by atoms with E-state index in [4.69, 9.17) is 0 Å². The summed E-state index contributed by atoms with van der Waals surface area (Å²) in [5.74, 6) is 0. The zero-order valence-electron chi connectivity index (χ0n) is 9.69. The average molecular weight is 267 g/mol. The first-order valence-electron chi connectivity index (χ1n) is 6.01. The van der Waals surface area contributed by atoms with Crippen LogP contribution in [-0.2, 0) is 0 Å². The topological polar surface area (TPSA) is 29.1 Å². The van der Waals surface area contributed by atoms with Crippen LogP contribution in [0.25, 0.3) is 0 Å². The van der Waals surface area contributed by atoms with Crippen LogP contribution >= 0.6 is 24.4 Å². The molecule has 0 aromatic heterocycles. The zero-order valence-corrected chi connectivity index (χ0v) is 11.4. The van der Waals surface area contributed by atoms with Gasteiger partial charge < -0.3 is 5.32 Å². The van der Waals surface area contributed by atoms with E-state index in [0.717, 1.165) is 10.6 Å². The van der Waals surface area contributed by atoms with Gasteiger partial charge in [-0.15, -0.1) is 11.8 Å².